The smallest absolute Gasteiger partial charge is 0.119 e. The average Bonchev–Trinajstić information content (AvgIpc) is 2.84. The summed E-state index contributed by atoms with van der Waals surface area (Å²) in [6, 6.07) is 12.5. The van der Waals surface area contributed by atoms with Gasteiger partial charge in [-0.3, -0.25) is 0 Å². The lowest BCUT2D eigenvalue weighted by atomic mass is 10.1. The molecule has 1 N–H and O–H groups in total. The first kappa shape index (κ1) is 14.4. The Hall–Kier alpha value is -1.03. The Kier molecular flexibility index (Phi) is 5.25. The summed E-state index contributed by atoms with van der Waals surface area (Å²) in [4.78, 5) is 1.32. The van der Waals surface area contributed by atoms with E-state index in [1.165, 1.54) is 10.4 Å². The van der Waals surface area contributed by atoms with Crippen molar-refractivity contribution in [2.45, 2.75) is 19.4 Å². The SMILES string of the molecule is COc1cccc(C(C)NCCc2ccc(Cl)s2)c1. The molecule has 1 heterocycles. The third kappa shape index (κ3) is 4.23. The second-order valence-electron chi connectivity index (χ2n) is 4.41. The van der Waals surface area contributed by atoms with Crippen LogP contribution in [0.4, 0.5) is 0 Å². The molecule has 0 spiro atoms. The van der Waals surface area contributed by atoms with E-state index < -0.39 is 0 Å². The predicted octanol–water partition coefficient (Wildman–Crippen LogP) is 4.30. The molecule has 0 aliphatic carbocycles. The molecule has 0 amide bonds. The Morgan fingerprint density at radius 3 is 2.84 bits per heavy atom. The second-order valence-corrected chi connectivity index (χ2v) is 6.21. The molecule has 2 aromatic rings. The molecule has 0 radical (unpaired) electrons. The Morgan fingerprint density at radius 1 is 1.32 bits per heavy atom. The number of hydrogen-bond donors (Lipinski definition) is 1. The molecule has 1 aromatic carbocycles. The molecule has 102 valence electrons. The minimum atomic E-state index is 0.311. The highest BCUT2D eigenvalue weighted by molar-refractivity contribution is 7.16. The van der Waals surface area contributed by atoms with Crippen LogP contribution in [0, 0.1) is 0 Å². The van der Waals surface area contributed by atoms with Crippen LogP contribution in [-0.4, -0.2) is 13.7 Å². The van der Waals surface area contributed by atoms with Crippen LogP contribution in [0.2, 0.25) is 4.34 Å². The fraction of sp³-hybridized carbons (Fsp3) is 0.333. The van der Waals surface area contributed by atoms with Crippen molar-refractivity contribution >= 4 is 22.9 Å². The maximum absolute atomic E-state index is 5.92. The highest BCUT2D eigenvalue weighted by Crippen LogP contribution is 2.22. The van der Waals surface area contributed by atoms with Crippen molar-refractivity contribution < 1.29 is 4.74 Å². The molecule has 0 bridgehead atoms. The first-order valence-corrected chi connectivity index (χ1v) is 7.50. The summed E-state index contributed by atoms with van der Waals surface area (Å²) in [5.74, 6) is 0.899. The van der Waals surface area contributed by atoms with Gasteiger partial charge in [-0.15, -0.1) is 11.3 Å². The zero-order valence-electron chi connectivity index (χ0n) is 11.2. The number of rotatable bonds is 6. The highest BCUT2D eigenvalue weighted by atomic mass is 35.5. The van der Waals surface area contributed by atoms with E-state index >= 15 is 0 Å². The van der Waals surface area contributed by atoms with Gasteiger partial charge in [-0.2, -0.15) is 0 Å². The van der Waals surface area contributed by atoms with E-state index in [0.29, 0.717) is 6.04 Å². The van der Waals surface area contributed by atoms with E-state index in [2.05, 4.69) is 30.4 Å². The third-order valence-corrected chi connectivity index (χ3v) is 4.34. The fourth-order valence-electron chi connectivity index (χ4n) is 1.93. The minimum Gasteiger partial charge on any atom is -0.497 e. The van der Waals surface area contributed by atoms with Crippen LogP contribution in [-0.2, 0) is 6.42 Å². The van der Waals surface area contributed by atoms with Gasteiger partial charge in [-0.05, 0) is 43.2 Å². The van der Waals surface area contributed by atoms with E-state index in [-0.39, 0.29) is 0 Å². The van der Waals surface area contributed by atoms with E-state index in [9.17, 15) is 0 Å². The summed E-state index contributed by atoms with van der Waals surface area (Å²) in [6.45, 7) is 3.10. The number of methoxy groups -OCH3 is 1. The van der Waals surface area contributed by atoms with Gasteiger partial charge in [0.1, 0.15) is 5.75 Å². The van der Waals surface area contributed by atoms with Crippen LogP contribution in [0.25, 0.3) is 0 Å². The largest absolute Gasteiger partial charge is 0.497 e. The van der Waals surface area contributed by atoms with Crippen molar-refractivity contribution in [1.82, 2.24) is 5.32 Å². The Bertz CT molecular complexity index is 526. The van der Waals surface area contributed by atoms with Gasteiger partial charge >= 0.3 is 0 Å². The molecule has 0 aliphatic rings. The molecule has 0 fully saturated rings. The number of halogens is 1. The molecule has 0 saturated carbocycles. The number of hydrogen-bond acceptors (Lipinski definition) is 3. The van der Waals surface area contributed by atoms with E-state index in [4.69, 9.17) is 16.3 Å². The zero-order chi connectivity index (χ0) is 13.7. The first-order valence-electron chi connectivity index (χ1n) is 6.30. The van der Waals surface area contributed by atoms with Crippen molar-refractivity contribution in [3.63, 3.8) is 0 Å². The van der Waals surface area contributed by atoms with Gasteiger partial charge in [0.2, 0.25) is 0 Å². The summed E-state index contributed by atoms with van der Waals surface area (Å²) >= 11 is 7.56. The first-order chi connectivity index (χ1) is 9.19. The number of benzene rings is 1. The highest BCUT2D eigenvalue weighted by Gasteiger charge is 2.06. The fourth-order valence-corrected chi connectivity index (χ4v) is 3.01. The molecule has 0 aliphatic heterocycles. The molecule has 4 heteroatoms. The molecular weight excluding hydrogens is 278 g/mol. The number of thiophene rings is 1. The van der Waals surface area contributed by atoms with Crippen LogP contribution >= 0.6 is 22.9 Å². The van der Waals surface area contributed by atoms with Crippen molar-refractivity contribution in [3.8, 4) is 5.75 Å². The number of nitrogens with one attached hydrogen (secondary N) is 1. The minimum absolute atomic E-state index is 0.311. The predicted molar refractivity (Wildman–Crippen MR) is 82.4 cm³/mol. The van der Waals surface area contributed by atoms with E-state index in [1.807, 2.05) is 18.2 Å². The Morgan fingerprint density at radius 2 is 2.16 bits per heavy atom. The van der Waals surface area contributed by atoms with Crippen molar-refractivity contribution in [2.24, 2.45) is 0 Å². The molecule has 0 saturated heterocycles. The van der Waals surface area contributed by atoms with Gasteiger partial charge in [0.15, 0.2) is 0 Å². The topological polar surface area (TPSA) is 21.3 Å². The summed E-state index contributed by atoms with van der Waals surface area (Å²) in [5, 5.41) is 3.52. The molecular formula is C15H18ClNOS. The van der Waals surface area contributed by atoms with Gasteiger partial charge in [0.25, 0.3) is 0 Å². The van der Waals surface area contributed by atoms with Crippen LogP contribution in [0.1, 0.15) is 23.4 Å². The third-order valence-electron chi connectivity index (χ3n) is 3.04. The van der Waals surface area contributed by atoms with Crippen LogP contribution in [0.5, 0.6) is 5.75 Å². The molecule has 2 nitrogen and oxygen atoms in total. The normalized spacial score (nSPS) is 12.4. The van der Waals surface area contributed by atoms with E-state index in [0.717, 1.165) is 23.1 Å². The average molecular weight is 296 g/mol. The Balaban J connectivity index is 1.85. The van der Waals surface area contributed by atoms with Gasteiger partial charge < -0.3 is 10.1 Å². The van der Waals surface area contributed by atoms with Crippen LogP contribution < -0.4 is 10.1 Å². The van der Waals surface area contributed by atoms with Gasteiger partial charge in [0, 0.05) is 17.5 Å². The van der Waals surface area contributed by atoms with Crippen LogP contribution in [0.3, 0.4) is 0 Å². The van der Waals surface area contributed by atoms with Gasteiger partial charge in [0.05, 0.1) is 11.4 Å². The molecule has 19 heavy (non-hydrogen) atoms. The summed E-state index contributed by atoms with van der Waals surface area (Å²) < 4.78 is 6.10. The zero-order valence-corrected chi connectivity index (χ0v) is 12.7. The van der Waals surface area contributed by atoms with Crippen molar-refractivity contribution in [1.29, 1.82) is 0 Å². The monoisotopic (exact) mass is 295 g/mol. The van der Waals surface area contributed by atoms with Gasteiger partial charge in [-0.25, -0.2) is 0 Å². The lowest BCUT2D eigenvalue weighted by Crippen LogP contribution is -2.21. The van der Waals surface area contributed by atoms with Crippen LogP contribution in [0.15, 0.2) is 36.4 Å². The maximum Gasteiger partial charge on any atom is 0.119 e. The standard InChI is InChI=1S/C15H18ClNOS/c1-11(12-4-3-5-13(10-12)18-2)17-9-8-14-6-7-15(16)19-14/h3-7,10-11,17H,8-9H2,1-2H3. The molecule has 1 aromatic heterocycles. The lowest BCUT2D eigenvalue weighted by molar-refractivity contribution is 0.413. The second kappa shape index (κ2) is 6.94. The maximum atomic E-state index is 5.92. The van der Waals surface area contributed by atoms with Crippen molar-refractivity contribution in [2.75, 3.05) is 13.7 Å². The summed E-state index contributed by atoms with van der Waals surface area (Å²) in [7, 11) is 1.69. The van der Waals surface area contributed by atoms with Crippen molar-refractivity contribution in [3.05, 3.63) is 51.2 Å². The summed E-state index contributed by atoms with van der Waals surface area (Å²) in [5.41, 5.74) is 1.24. The summed E-state index contributed by atoms with van der Waals surface area (Å²) in [6.07, 6.45) is 1.01. The Labute approximate surface area is 123 Å². The number of ether oxygens (including phenoxy) is 1. The quantitative estimate of drug-likeness (QED) is 0.858. The lowest BCUT2D eigenvalue weighted by Gasteiger charge is -2.14. The molecule has 1 atom stereocenters. The van der Waals surface area contributed by atoms with Gasteiger partial charge in [-0.1, -0.05) is 23.7 Å². The molecule has 1 unspecified atom stereocenters. The van der Waals surface area contributed by atoms with E-state index in [1.54, 1.807) is 18.4 Å². The molecule has 2 rings (SSSR count).